The summed E-state index contributed by atoms with van der Waals surface area (Å²) in [6, 6.07) is 3.70. The fraction of sp³-hybridized carbons (Fsp3) is 0.462. The van der Waals surface area contributed by atoms with E-state index in [0.717, 1.165) is 11.3 Å². The van der Waals surface area contributed by atoms with Gasteiger partial charge < -0.3 is 29.6 Å². The second-order valence-electron chi connectivity index (χ2n) is 4.56. The highest BCUT2D eigenvalue weighted by molar-refractivity contribution is 5.69. The van der Waals surface area contributed by atoms with Gasteiger partial charge in [0.15, 0.2) is 17.6 Å². The maximum Gasteiger partial charge on any atom is 0.407 e. The molecule has 7 nitrogen and oxygen atoms in total. The molecule has 0 aliphatic carbocycles. The molecule has 0 saturated carbocycles. The van der Waals surface area contributed by atoms with Crippen LogP contribution < -0.4 is 24.8 Å². The van der Waals surface area contributed by atoms with Crippen molar-refractivity contribution in [2.24, 2.45) is 0 Å². The van der Waals surface area contributed by atoms with Crippen molar-refractivity contribution in [2.75, 3.05) is 27.0 Å². The summed E-state index contributed by atoms with van der Waals surface area (Å²) in [6.07, 6.45) is -0.671. The molecule has 1 saturated heterocycles. The molecule has 7 heteroatoms. The van der Waals surface area contributed by atoms with E-state index in [-0.39, 0.29) is 12.9 Å². The molecule has 2 heterocycles. The zero-order chi connectivity index (χ0) is 13.9. The van der Waals surface area contributed by atoms with E-state index in [2.05, 4.69) is 10.6 Å². The third-order valence-electron chi connectivity index (χ3n) is 3.10. The smallest absolute Gasteiger partial charge is 0.407 e. The van der Waals surface area contributed by atoms with Gasteiger partial charge in [0, 0.05) is 18.2 Å². The van der Waals surface area contributed by atoms with Crippen LogP contribution in [0.1, 0.15) is 5.56 Å². The van der Waals surface area contributed by atoms with Crippen LogP contribution in [0, 0.1) is 0 Å². The van der Waals surface area contributed by atoms with Crippen molar-refractivity contribution in [1.29, 1.82) is 0 Å². The van der Waals surface area contributed by atoms with Crippen LogP contribution in [-0.2, 0) is 11.3 Å². The van der Waals surface area contributed by atoms with Gasteiger partial charge in [-0.05, 0) is 13.1 Å². The SMILES string of the molecule is CNCc1cc2c(cc1OCC1CNC(=O)O1)OCO2. The van der Waals surface area contributed by atoms with Gasteiger partial charge in [-0.2, -0.15) is 0 Å². The summed E-state index contributed by atoms with van der Waals surface area (Å²) < 4.78 is 21.5. The van der Waals surface area contributed by atoms with Crippen LogP contribution in [0.5, 0.6) is 17.2 Å². The molecule has 1 aromatic carbocycles. The molecule has 1 unspecified atom stereocenters. The predicted octanol–water partition coefficient (Wildman–Crippen LogP) is 0.622. The molecular weight excluding hydrogens is 264 g/mol. The van der Waals surface area contributed by atoms with Gasteiger partial charge in [0.05, 0.1) is 6.54 Å². The van der Waals surface area contributed by atoms with Gasteiger partial charge in [-0.3, -0.25) is 0 Å². The normalized spacial score (nSPS) is 19.6. The lowest BCUT2D eigenvalue weighted by molar-refractivity contribution is 0.104. The monoisotopic (exact) mass is 280 g/mol. The lowest BCUT2D eigenvalue weighted by Gasteiger charge is -2.14. The van der Waals surface area contributed by atoms with Crippen molar-refractivity contribution >= 4 is 6.09 Å². The van der Waals surface area contributed by atoms with E-state index in [1.54, 1.807) is 6.07 Å². The standard InChI is InChI=1S/C13H16N2O5/c1-14-4-8-2-11-12(19-7-18-11)3-10(8)17-6-9-5-15-13(16)20-9/h2-3,9,14H,4-7H2,1H3,(H,15,16). The van der Waals surface area contributed by atoms with Crippen LogP contribution in [0.15, 0.2) is 12.1 Å². The first kappa shape index (κ1) is 12.9. The summed E-state index contributed by atoms with van der Waals surface area (Å²) in [5, 5.41) is 5.67. The number of ether oxygens (including phenoxy) is 4. The maximum absolute atomic E-state index is 11.0. The summed E-state index contributed by atoms with van der Waals surface area (Å²) >= 11 is 0. The Labute approximate surface area is 116 Å². The number of cyclic esters (lactones) is 1. The van der Waals surface area contributed by atoms with Gasteiger partial charge in [-0.15, -0.1) is 0 Å². The second-order valence-corrected chi connectivity index (χ2v) is 4.56. The van der Waals surface area contributed by atoms with Crippen LogP contribution in [0.2, 0.25) is 0 Å². The Hall–Kier alpha value is -2.15. The molecule has 0 bridgehead atoms. The molecule has 1 fully saturated rings. The Kier molecular flexibility index (Phi) is 3.51. The van der Waals surface area contributed by atoms with Crippen LogP contribution in [-0.4, -0.2) is 39.2 Å². The number of amides is 1. The first-order chi connectivity index (χ1) is 9.76. The average molecular weight is 280 g/mol. The Bertz CT molecular complexity index is 520. The number of fused-ring (bicyclic) bond motifs is 1. The topological polar surface area (TPSA) is 78.1 Å². The zero-order valence-electron chi connectivity index (χ0n) is 11.1. The van der Waals surface area contributed by atoms with E-state index in [9.17, 15) is 4.79 Å². The molecule has 2 aliphatic rings. The minimum absolute atomic E-state index is 0.224. The largest absolute Gasteiger partial charge is 0.489 e. The molecule has 2 aliphatic heterocycles. The molecule has 1 aromatic rings. The van der Waals surface area contributed by atoms with Gasteiger partial charge in [-0.25, -0.2) is 4.79 Å². The molecule has 1 atom stereocenters. The number of hydrogen-bond donors (Lipinski definition) is 2. The fourth-order valence-corrected chi connectivity index (χ4v) is 2.14. The van der Waals surface area contributed by atoms with Crippen molar-refractivity contribution in [3.63, 3.8) is 0 Å². The lowest BCUT2D eigenvalue weighted by Crippen LogP contribution is -2.22. The van der Waals surface area contributed by atoms with Crippen molar-refractivity contribution in [3.05, 3.63) is 17.7 Å². The number of hydrogen-bond acceptors (Lipinski definition) is 6. The third kappa shape index (κ3) is 2.57. The third-order valence-corrected chi connectivity index (χ3v) is 3.10. The highest BCUT2D eigenvalue weighted by Gasteiger charge is 2.24. The first-order valence-corrected chi connectivity index (χ1v) is 6.40. The van der Waals surface area contributed by atoms with E-state index in [1.807, 2.05) is 13.1 Å². The quantitative estimate of drug-likeness (QED) is 0.823. The summed E-state index contributed by atoms with van der Waals surface area (Å²) in [6.45, 7) is 1.64. The van der Waals surface area contributed by atoms with Crippen LogP contribution in [0.25, 0.3) is 0 Å². The second kappa shape index (κ2) is 5.46. The minimum atomic E-state index is -0.403. The van der Waals surface area contributed by atoms with Gasteiger partial charge in [0.1, 0.15) is 12.4 Å². The molecule has 108 valence electrons. The van der Waals surface area contributed by atoms with Crippen LogP contribution in [0.3, 0.4) is 0 Å². The summed E-state index contributed by atoms with van der Waals surface area (Å²) in [5.74, 6) is 2.09. The number of rotatable bonds is 5. The Morgan fingerprint density at radius 3 is 2.90 bits per heavy atom. The molecular formula is C13H16N2O5. The molecule has 0 aromatic heterocycles. The van der Waals surface area contributed by atoms with E-state index in [0.29, 0.717) is 31.2 Å². The van der Waals surface area contributed by atoms with Gasteiger partial charge in [0.2, 0.25) is 6.79 Å². The molecule has 3 rings (SSSR count). The van der Waals surface area contributed by atoms with E-state index >= 15 is 0 Å². The van der Waals surface area contributed by atoms with Crippen molar-refractivity contribution in [3.8, 4) is 17.2 Å². The lowest BCUT2D eigenvalue weighted by atomic mass is 10.1. The molecule has 2 N–H and O–H groups in total. The Morgan fingerprint density at radius 2 is 2.20 bits per heavy atom. The summed E-state index contributed by atoms with van der Waals surface area (Å²) in [5.41, 5.74) is 0.967. The highest BCUT2D eigenvalue weighted by atomic mass is 16.7. The Morgan fingerprint density at radius 1 is 1.40 bits per heavy atom. The number of carbonyl (C=O) groups excluding carboxylic acids is 1. The van der Waals surface area contributed by atoms with Gasteiger partial charge in [-0.1, -0.05) is 0 Å². The van der Waals surface area contributed by atoms with Crippen molar-refractivity contribution in [2.45, 2.75) is 12.6 Å². The van der Waals surface area contributed by atoms with Gasteiger partial charge in [0.25, 0.3) is 0 Å². The summed E-state index contributed by atoms with van der Waals surface area (Å²) in [4.78, 5) is 11.0. The van der Waals surface area contributed by atoms with E-state index < -0.39 is 6.09 Å². The van der Waals surface area contributed by atoms with Crippen LogP contribution in [0.4, 0.5) is 4.79 Å². The van der Waals surface area contributed by atoms with Crippen molar-refractivity contribution in [1.82, 2.24) is 10.6 Å². The first-order valence-electron chi connectivity index (χ1n) is 6.40. The van der Waals surface area contributed by atoms with Crippen molar-refractivity contribution < 1.29 is 23.7 Å². The fourth-order valence-electron chi connectivity index (χ4n) is 2.14. The molecule has 0 spiro atoms. The van der Waals surface area contributed by atoms with Gasteiger partial charge >= 0.3 is 6.09 Å². The maximum atomic E-state index is 11.0. The van der Waals surface area contributed by atoms with E-state index in [1.165, 1.54) is 0 Å². The van der Waals surface area contributed by atoms with E-state index in [4.69, 9.17) is 18.9 Å². The van der Waals surface area contributed by atoms with Crippen LogP contribution >= 0.6 is 0 Å². The number of benzene rings is 1. The number of alkyl carbamates (subject to hydrolysis) is 1. The molecule has 1 amide bonds. The molecule has 20 heavy (non-hydrogen) atoms. The highest BCUT2D eigenvalue weighted by Crippen LogP contribution is 2.38. The molecule has 0 radical (unpaired) electrons. The predicted molar refractivity (Wildman–Crippen MR) is 69.1 cm³/mol. The number of carbonyl (C=O) groups is 1. The minimum Gasteiger partial charge on any atom is -0.489 e. The zero-order valence-corrected chi connectivity index (χ0v) is 11.1. The average Bonchev–Trinajstić information content (AvgIpc) is 3.04. The number of nitrogens with one attached hydrogen (secondary N) is 2. The Balaban J connectivity index is 1.72. The summed E-state index contributed by atoms with van der Waals surface area (Å²) in [7, 11) is 1.86.